The molecule has 15 heavy (non-hydrogen) atoms. The summed E-state index contributed by atoms with van der Waals surface area (Å²) in [6.45, 7) is 1.93. The van der Waals surface area contributed by atoms with Crippen LogP contribution in [0.5, 0.6) is 0 Å². The van der Waals surface area contributed by atoms with Crippen LogP contribution in [0.15, 0.2) is 18.3 Å². The quantitative estimate of drug-likeness (QED) is 0.797. The van der Waals surface area contributed by atoms with Gasteiger partial charge in [-0.3, -0.25) is 9.78 Å². The first-order valence-electron chi connectivity index (χ1n) is 4.83. The fraction of sp³-hybridized carbons (Fsp3) is 0.364. The minimum Gasteiger partial charge on any atom is -0.478 e. The molecule has 0 fully saturated rings. The minimum absolute atomic E-state index is 0.0903. The number of hydrogen-bond acceptors (Lipinski definition) is 3. The third-order valence-corrected chi connectivity index (χ3v) is 1.97. The molecule has 0 radical (unpaired) electrons. The van der Waals surface area contributed by atoms with Gasteiger partial charge in [0, 0.05) is 24.7 Å². The van der Waals surface area contributed by atoms with E-state index in [-0.39, 0.29) is 17.8 Å². The molecule has 4 nitrogen and oxygen atoms in total. The van der Waals surface area contributed by atoms with E-state index >= 15 is 0 Å². The Hall–Kier alpha value is -1.71. The summed E-state index contributed by atoms with van der Waals surface area (Å²) in [7, 11) is 0. The van der Waals surface area contributed by atoms with Gasteiger partial charge in [0.05, 0.1) is 5.56 Å². The minimum atomic E-state index is -0.999. The highest BCUT2D eigenvalue weighted by Gasteiger charge is 2.07. The van der Waals surface area contributed by atoms with Crippen LogP contribution in [-0.2, 0) is 11.2 Å². The van der Waals surface area contributed by atoms with Crippen LogP contribution in [0.1, 0.15) is 35.8 Å². The van der Waals surface area contributed by atoms with E-state index in [2.05, 4.69) is 4.98 Å². The van der Waals surface area contributed by atoms with E-state index < -0.39 is 5.97 Å². The van der Waals surface area contributed by atoms with Gasteiger partial charge in [0.25, 0.3) is 0 Å². The molecule has 1 aromatic heterocycles. The second-order valence-electron chi connectivity index (χ2n) is 3.31. The Labute approximate surface area is 88.0 Å². The smallest absolute Gasteiger partial charge is 0.335 e. The number of Topliss-reactive ketones (excluding diaryl/α,β-unsaturated/α-hetero) is 1. The molecule has 0 spiro atoms. The van der Waals surface area contributed by atoms with E-state index in [1.807, 2.05) is 6.92 Å². The monoisotopic (exact) mass is 207 g/mol. The number of rotatable bonds is 5. The summed E-state index contributed by atoms with van der Waals surface area (Å²) in [5, 5.41) is 8.73. The topological polar surface area (TPSA) is 67.3 Å². The standard InChI is InChI=1S/C11H13NO3/c1-2-3-10(13)7-9-6-8(11(14)15)4-5-12-9/h4-6H,2-3,7H2,1H3,(H,14,15). The van der Waals surface area contributed by atoms with Gasteiger partial charge in [-0.15, -0.1) is 0 Å². The van der Waals surface area contributed by atoms with Gasteiger partial charge in [0.2, 0.25) is 0 Å². The molecule has 0 aliphatic carbocycles. The van der Waals surface area contributed by atoms with Crippen molar-refractivity contribution in [3.63, 3.8) is 0 Å². The molecule has 0 unspecified atom stereocenters. The largest absolute Gasteiger partial charge is 0.478 e. The lowest BCUT2D eigenvalue weighted by molar-refractivity contribution is -0.118. The summed E-state index contributed by atoms with van der Waals surface area (Å²) in [4.78, 5) is 25.9. The highest BCUT2D eigenvalue weighted by Crippen LogP contribution is 2.04. The summed E-state index contributed by atoms with van der Waals surface area (Å²) in [5.41, 5.74) is 0.692. The van der Waals surface area contributed by atoms with Crippen LogP contribution in [-0.4, -0.2) is 21.8 Å². The van der Waals surface area contributed by atoms with Crippen LogP contribution in [0.3, 0.4) is 0 Å². The third kappa shape index (κ3) is 3.50. The van der Waals surface area contributed by atoms with Crippen molar-refractivity contribution in [3.8, 4) is 0 Å². The molecule has 1 rings (SSSR count). The first-order chi connectivity index (χ1) is 7.13. The number of carboxylic acid groups (broad SMARTS) is 1. The van der Waals surface area contributed by atoms with Crippen molar-refractivity contribution in [2.24, 2.45) is 0 Å². The van der Waals surface area contributed by atoms with Gasteiger partial charge in [-0.1, -0.05) is 6.92 Å². The molecule has 80 valence electrons. The van der Waals surface area contributed by atoms with Crippen molar-refractivity contribution in [3.05, 3.63) is 29.6 Å². The molecule has 0 saturated heterocycles. The van der Waals surface area contributed by atoms with E-state index in [0.29, 0.717) is 12.1 Å². The number of ketones is 1. The fourth-order valence-electron chi connectivity index (χ4n) is 1.28. The average Bonchev–Trinajstić information content (AvgIpc) is 2.18. The number of nitrogens with zero attached hydrogens (tertiary/aromatic N) is 1. The van der Waals surface area contributed by atoms with Crippen LogP contribution in [0.25, 0.3) is 0 Å². The first-order valence-corrected chi connectivity index (χ1v) is 4.83. The number of aromatic carboxylic acids is 1. The van der Waals surface area contributed by atoms with Crippen LogP contribution >= 0.6 is 0 Å². The number of carboxylic acids is 1. The van der Waals surface area contributed by atoms with Crippen LogP contribution < -0.4 is 0 Å². The zero-order chi connectivity index (χ0) is 11.3. The molecule has 0 amide bonds. The van der Waals surface area contributed by atoms with Gasteiger partial charge >= 0.3 is 5.97 Å². The Morgan fingerprint density at radius 3 is 2.80 bits per heavy atom. The van der Waals surface area contributed by atoms with Crippen molar-refractivity contribution in [1.82, 2.24) is 4.98 Å². The Morgan fingerprint density at radius 2 is 2.20 bits per heavy atom. The molecule has 1 heterocycles. The predicted octanol–water partition coefficient (Wildman–Crippen LogP) is 1.69. The zero-order valence-corrected chi connectivity index (χ0v) is 8.56. The summed E-state index contributed by atoms with van der Waals surface area (Å²) >= 11 is 0. The number of aromatic nitrogens is 1. The van der Waals surface area contributed by atoms with E-state index in [0.717, 1.165) is 6.42 Å². The maximum absolute atomic E-state index is 11.3. The van der Waals surface area contributed by atoms with Crippen LogP contribution in [0, 0.1) is 0 Å². The summed E-state index contributed by atoms with van der Waals surface area (Å²) in [6, 6.07) is 2.85. The van der Waals surface area contributed by atoms with Crippen molar-refractivity contribution >= 4 is 11.8 Å². The summed E-state index contributed by atoms with van der Waals surface area (Å²) in [6.07, 6.45) is 2.95. The van der Waals surface area contributed by atoms with E-state index in [9.17, 15) is 9.59 Å². The fourth-order valence-corrected chi connectivity index (χ4v) is 1.28. The van der Waals surface area contributed by atoms with Crippen molar-refractivity contribution in [2.45, 2.75) is 26.2 Å². The zero-order valence-electron chi connectivity index (χ0n) is 8.56. The third-order valence-electron chi connectivity index (χ3n) is 1.97. The lowest BCUT2D eigenvalue weighted by Gasteiger charge is -2.00. The summed E-state index contributed by atoms with van der Waals surface area (Å²) in [5.74, 6) is -0.908. The van der Waals surface area contributed by atoms with E-state index in [1.165, 1.54) is 18.3 Å². The number of hydrogen-bond donors (Lipinski definition) is 1. The molecule has 4 heteroatoms. The van der Waals surface area contributed by atoms with Crippen LogP contribution in [0.2, 0.25) is 0 Å². The molecular weight excluding hydrogens is 194 g/mol. The molecule has 1 aromatic rings. The summed E-state index contributed by atoms with van der Waals surface area (Å²) < 4.78 is 0. The van der Waals surface area contributed by atoms with Gasteiger partial charge in [0.15, 0.2) is 0 Å². The Morgan fingerprint density at radius 1 is 1.47 bits per heavy atom. The molecule has 0 atom stereocenters. The van der Waals surface area contributed by atoms with Gasteiger partial charge in [0.1, 0.15) is 5.78 Å². The number of carbonyl (C=O) groups excluding carboxylic acids is 1. The molecule has 1 N–H and O–H groups in total. The second-order valence-corrected chi connectivity index (χ2v) is 3.31. The lowest BCUT2D eigenvalue weighted by Crippen LogP contribution is -2.05. The Kier molecular flexibility index (Phi) is 3.97. The Balaban J connectivity index is 2.73. The van der Waals surface area contributed by atoms with E-state index in [1.54, 1.807) is 0 Å². The maximum Gasteiger partial charge on any atom is 0.335 e. The molecular formula is C11H13NO3. The SMILES string of the molecule is CCCC(=O)Cc1cc(C(=O)O)ccn1. The van der Waals surface area contributed by atoms with Gasteiger partial charge < -0.3 is 5.11 Å². The molecule has 0 bridgehead atoms. The first kappa shape index (κ1) is 11.4. The molecule has 0 aliphatic rings. The molecule has 0 aliphatic heterocycles. The van der Waals surface area contributed by atoms with Crippen molar-refractivity contribution in [1.29, 1.82) is 0 Å². The lowest BCUT2D eigenvalue weighted by atomic mass is 10.1. The highest BCUT2D eigenvalue weighted by atomic mass is 16.4. The highest BCUT2D eigenvalue weighted by molar-refractivity contribution is 5.88. The number of pyridine rings is 1. The normalized spacial score (nSPS) is 9.93. The van der Waals surface area contributed by atoms with E-state index in [4.69, 9.17) is 5.11 Å². The average molecular weight is 207 g/mol. The molecule has 0 aromatic carbocycles. The molecule has 0 saturated carbocycles. The number of carbonyl (C=O) groups is 2. The van der Waals surface area contributed by atoms with Crippen molar-refractivity contribution < 1.29 is 14.7 Å². The predicted molar refractivity (Wildman–Crippen MR) is 54.8 cm³/mol. The van der Waals surface area contributed by atoms with Crippen molar-refractivity contribution in [2.75, 3.05) is 0 Å². The van der Waals surface area contributed by atoms with Crippen LogP contribution in [0.4, 0.5) is 0 Å². The Bertz CT molecular complexity index is 374. The maximum atomic E-state index is 11.3. The van der Waals surface area contributed by atoms with Gasteiger partial charge in [-0.2, -0.15) is 0 Å². The van der Waals surface area contributed by atoms with Gasteiger partial charge in [-0.25, -0.2) is 4.79 Å². The second kappa shape index (κ2) is 5.24. The van der Waals surface area contributed by atoms with Gasteiger partial charge in [-0.05, 0) is 18.6 Å².